The quantitative estimate of drug-likeness (QED) is 0.0849. The molecule has 15 heteroatoms. The molecule has 0 unspecified atom stereocenters. The molecule has 8 nitrogen and oxygen atoms in total. The van der Waals surface area contributed by atoms with Crippen molar-refractivity contribution in [1.29, 1.82) is 0 Å². The minimum atomic E-state index is -4.92. The van der Waals surface area contributed by atoms with Crippen LogP contribution in [0.2, 0.25) is 0 Å². The molecule has 3 aromatic heterocycles. The van der Waals surface area contributed by atoms with Crippen LogP contribution in [0.5, 0.6) is 0 Å². The van der Waals surface area contributed by atoms with E-state index in [2.05, 4.69) is 10.3 Å². The first-order valence-corrected chi connectivity index (χ1v) is 13.4. The lowest BCUT2D eigenvalue weighted by Gasteiger charge is -2.20. The van der Waals surface area contributed by atoms with Gasteiger partial charge in [0.1, 0.15) is 12.4 Å². The van der Waals surface area contributed by atoms with Crippen LogP contribution >= 0.6 is 22.6 Å². The van der Waals surface area contributed by atoms with Crippen molar-refractivity contribution in [3.8, 4) is 11.1 Å². The Morgan fingerprint density at radius 2 is 1.79 bits per heavy atom. The summed E-state index contributed by atoms with van der Waals surface area (Å²) in [4.78, 5) is 29.2. The largest absolute Gasteiger partial charge is 0.465 e. The predicted octanol–water partition coefficient (Wildman–Crippen LogP) is 6.68. The first-order valence-electron chi connectivity index (χ1n) is 12.3. The zero-order chi connectivity index (χ0) is 31.4. The molecule has 2 aromatic carbocycles. The molecule has 0 aliphatic heterocycles. The van der Waals surface area contributed by atoms with Crippen LogP contribution in [0.4, 0.5) is 31.1 Å². The maximum atomic E-state index is 14.7. The van der Waals surface area contributed by atoms with Gasteiger partial charge in [-0.15, -0.1) is 0 Å². The number of ether oxygens (including phenoxy) is 1. The van der Waals surface area contributed by atoms with Crippen LogP contribution in [-0.4, -0.2) is 38.0 Å². The molecule has 0 spiro atoms. The number of nitrogens with zero attached hydrogens (tertiary/aromatic N) is 3. The number of nitrogens with one attached hydrogen (secondary N) is 1. The lowest BCUT2D eigenvalue weighted by atomic mass is 9.92. The number of hydrogen-bond acceptors (Lipinski definition) is 4. The van der Waals surface area contributed by atoms with Crippen LogP contribution in [0.3, 0.4) is 0 Å². The number of pyridine rings is 1. The third kappa shape index (κ3) is 5.30. The summed E-state index contributed by atoms with van der Waals surface area (Å²) >= 11 is 1.81. The van der Waals surface area contributed by atoms with E-state index in [4.69, 9.17) is 4.74 Å². The van der Waals surface area contributed by atoms with Crippen LogP contribution in [-0.2, 0) is 31.1 Å². The van der Waals surface area contributed by atoms with Gasteiger partial charge in [-0.2, -0.15) is 13.2 Å². The molecule has 1 amide bonds. The highest BCUT2D eigenvalue weighted by Gasteiger charge is 2.38. The number of carbonyl (C=O) groups is 2. The van der Waals surface area contributed by atoms with Crippen molar-refractivity contribution >= 4 is 51.0 Å². The Hall–Kier alpha value is -4.12. The fraction of sp³-hybridized carbons (Fsp3) is 0.179. The van der Waals surface area contributed by atoms with Crippen LogP contribution in [0, 0.1) is 21.0 Å². The van der Waals surface area contributed by atoms with Crippen molar-refractivity contribution in [3.63, 3.8) is 0 Å². The molecule has 5 aromatic rings. The number of aryl methyl sites for hydroxylation is 1. The molecule has 2 N–H and O–H groups in total. The van der Waals surface area contributed by atoms with Crippen molar-refractivity contribution in [2.75, 3.05) is 7.11 Å². The van der Waals surface area contributed by atoms with Crippen LogP contribution < -0.4 is 5.32 Å². The Kier molecular flexibility index (Phi) is 7.89. The second-order valence-electron chi connectivity index (χ2n) is 9.42. The molecule has 0 radical (unpaired) electrons. The summed E-state index contributed by atoms with van der Waals surface area (Å²) in [6.45, 7) is -0.581. The van der Waals surface area contributed by atoms with Gasteiger partial charge in [0.05, 0.1) is 27.8 Å². The third-order valence-corrected chi connectivity index (χ3v) is 7.68. The lowest BCUT2D eigenvalue weighted by Crippen LogP contribution is -2.22. The first-order chi connectivity index (χ1) is 20.2. The topological polar surface area (TPSA) is 97.9 Å². The Morgan fingerprint density at radius 3 is 2.40 bits per heavy atom. The maximum Gasteiger partial charge on any atom is 0.417 e. The second-order valence-corrected chi connectivity index (χ2v) is 10.6. The molecule has 43 heavy (non-hydrogen) atoms. The van der Waals surface area contributed by atoms with Gasteiger partial charge in [-0.05, 0) is 52.9 Å². The standard InChI is InChI=1S/C28H19F6IN4O4/c1-38-19-8-15(28(32,33)34)22(14(10-36-27(41)42)24(19)37-21(38)11-43-2)13-4-3-5-39-20(9-18(35)25(13)39)26(40)12-6-16(29)23(31)17(30)7-12/h3-9,36H,10-11H2,1-2H3,(H,41,42). The number of benzene rings is 2. The lowest BCUT2D eigenvalue weighted by molar-refractivity contribution is -0.137. The molecule has 5 rings (SSSR count). The molecular formula is C28H19F6IN4O4. The number of imidazole rings is 1. The number of hydrogen-bond donors (Lipinski definition) is 2. The number of halogens is 7. The molecule has 224 valence electrons. The van der Waals surface area contributed by atoms with E-state index in [0.717, 1.165) is 6.07 Å². The van der Waals surface area contributed by atoms with E-state index in [9.17, 15) is 41.0 Å². The summed E-state index contributed by atoms with van der Waals surface area (Å²) in [5.41, 5.74) is -1.92. The van der Waals surface area contributed by atoms with Gasteiger partial charge in [0, 0.05) is 52.7 Å². The van der Waals surface area contributed by atoms with Crippen molar-refractivity contribution in [2.24, 2.45) is 7.05 Å². The zero-order valence-corrected chi connectivity index (χ0v) is 24.3. The Labute approximate surface area is 252 Å². The Balaban J connectivity index is 1.84. The normalized spacial score (nSPS) is 11.9. The predicted molar refractivity (Wildman–Crippen MR) is 150 cm³/mol. The number of methoxy groups -OCH3 is 1. The molecule has 0 aliphatic carbocycles. The van der Waals surface area contributed by atoms with E-state index in [1.165, 1.54) is 47.5 Å². The van der Waals surface area contributed by atoms with Gasteiger partial charge >= 0.3 is 12.3 Å². The highest BCUT2D eigenvalue weighted by Crippen LogP contribution is 2.44. The number of alkyl halides is 3. The van der Waals surface area contributed by atoms with Gasteiger partial charge in [-0.1, -0.05) is 6.07 Å². The molecule has 0 aliphatic rings. The van der Waals surface area contributed by atoms with Crippen molar-refractivity contribution in [1.82, 2.24) is 19.3 Å². The summed E-state index contributed by atoms with van der Waals surface area (Å²) in [6.07, 6.45) is -5.02. The maximum absolute atomic E-state index is 14.7. The summed E-state index contributed by atoms with van der Waals surface area (Å²) in [5, 5.41) is 11.5. The average molecular weight is 716 g/mol. The summed E-state index contributed by atoms with van der Waals surface area (Å²) in [7, 11) is 2.90. The molecule has 0 saturated carbocycles. The van der Waals surface area contributed by atoms with Gasteiger partial charge in [0.2, 0.25) is 5.78 Å². The second kappa shape index (κ2) is 11.2. The SMILES string of the molecule is COCc1nc2c(CNC(=O)O)c(-c3cccn4c(C(=O)c5cc(F)c(F)c(F)c5)cc(I)c34)c(C(F)(F)F)cc2n1C. The molecule has 3 heterocycles. The number of amides is 1. The molecular weight excluding hydrogens is 697 g/mol. The Morgan fingerprint density at radius 1 is 1.12 bits per heavy atom. The van der Waals surface area contributed by atoms with Gasteiger partial charge in [-0.3, -0.25) is 4.79 Å². The number of aromatic nitrogens is 3. The fourth-order valence-corrected chi connectivity index (χ4v) is 5.83. The molecule has 0 atom stereocenters. The number of ketones is 1. The zero-order valence-electron chi connectivity index (χ0n) is 22.1. The third-order valence-electron chi connectivity index (χ3n) is 6.86. The van der Waals surface area contributed by atoms with Gasteiger partial charge in [0.15, 0.2) is 17.5 Å². The number of rotatable bonds is 7. The monoisotopic (exact) mass is 716 g/mol. The van der Waals surface area contributed by atoms with Crippen LogP contribution in [0.25, 0.3) is 27.7 Å². The molecule has 0 saturated heterocycles. The summed E-state index contributed by atoms with van der Waals surface area (Å²) in [5.74, 6) is -5.54. The first kappa shape index (κ1) is 30.3. The number of carboxylic acid groups (broad SMARTS) is 1. The van der Waals surface area contributed by atoms with Crippen molar-refractivity contribution in [3.05, 3.63) is 91.8 Å². The van der Waals surface area contributed by atoms with E-state index in [0.29, 0.717) is 21.5 Å². The van der Waals surface area contributed by atoms with E-state index < -0.39 is 53.2 Å². The average Bonchev–Trinajstić information content (AvgIpc) is 3.45. The van der Waals surface area contributed by atoms with Crippen LogP contribution in [0.1, 0.15) is 33.0 Å². The van der Waals surface area contributed by atoms with Crippen LogP contribution in [0.15, 0.2) is 42.6 Å². The number of fused-ring (bicyclic) bond motifs is 2. The van der Waals surface area contributed by atoms with E-state index in [-0.39, 0.29) is 45.5 Å². The smallest absolute Gasteiger partial charge is 0.417 e. The highest BCUT2D eigenvalue weighted by molar-refractivity contribution is 14.1. The molecule has 0 bridgehead atoms. The number of carbonyl (C=O) groups excluding carboxylic acids is 1. The van der Waals surface area contributed by atoms with Gasteiger partial charge < -0.3 is 24.1 Å². The highest BCUT2D eigenvalue weighted by atomic mass is 127. The van der Waals surface area contributed by atoms with Crippen molar-refractivity contribution in [2.45, 2.75) is 19.3 Å². The van der Waals surface area contributed by atoms with Gasteiger partial charge in [0.25, 0.3) is 0 Å². The molecule has 0 fully saturated rings. The van der Waals surface area contributed by atoms with E-state index in [1.54, 1.807) is 0 Å². The summed E-state index contributed by atoms with van der Waals surface area (Å²) in [6, 6.07) is 6.04. The fourth-order valence-electron chi connectivity index (χ4n) is 4.98. The Bertz CT molecular complexity index is 1930. The van der Waals surface area contributed by atoms with Gasteiger partial charge in [-0.25, -0.2) is 22.9 Å². The van der Waals surface area contributed by atoms with E-state index in [1.807, 2.05) is 22.6 Å². The minimum absolute atomic E-state index is 0.0159. The van der Waals surface area contributed by atoms with E-state index >= 15 is 0 Å². The minimum Gasteiger partial charge on any atom is -0.465 e. The van der Waals surface area contributed by atoms with Crippen molar-refractivity contribution < 1.29 is 45.8 Å². The summed E-state index contributed by atoms with van der Waals surface area (Å²) < 4.78 is 93.7.